The Hall–Kier alpha value is -1.70. The molecule has 0 heterocycles. The van der Waals surface area contributed by atoms with Gasteiger partial charge in [0.25, 0.3) is 0 Å². The molecule has 2 heteroatoms. The molecule has 0 saturated heterocycles. The summed E-state index contributed by atoms with van der Waals surface area (Å²) >= 11 is 0. The lowest BCUT2D eigenvalue weighted by molar-refractivity contribution is 0.422. The van der Waals surface area contributed by atoms with E-state index in [-0.39, 0.29) is 0 Å². The summed E-state index contributed by atoms with van der Waals surface area (Å²) < 4.78 is 5.23. The number of ether oxygens (including phenoxy) is 1. The SMILES string of the molecule is COc1c(N)ccc2ccccc12. The molecule has 0 spiro atoms. The van der Waals surface area contributed by atoms with Crippen LogP contribution in [0.5, 0.6) is 5.75 Å². The minimum Gasteiger partial charge on any atom is -0.494 e. The Morgan fingerprint density at radius 2 is 1.85 bits per heavy atom. The number of methoxy groups -OCH3 is 1. The van der Waals surface area contributed by atoms with Crippen molar-refractivity contribution in [2.24, 2.45) is 0 Å². The van der Waals surface area contributed by atoms with Crippen molar-refractivity contribution in [1.29, 1.82) is 0 Å². The summed E-state index contributed by atoms with van der Waals surface area (Å²) in [6.45, 7) is 0. The van der Waals surface area contributed by atoms with E-state index < -0.39 is 0 Å². The van der Waals surface area contributed by atoms with E-state index >= 15 is 0 Å². The van der Waals surface area contributed by atoms with Crippen LogP contribution in [0.1, 0.15) is 0 Å². The smallest absolute Gasteiger partial charge is 0.149 e. The second kappa shape index (κ2) is 2.98. The number of hydrogen-bond acceptors (Lipinski definition) is 2. The number of anilines is 1. The predicted octanol–water partition coefficient (Wildman–Crippen LogP) is 2.43. The van der Waals surface area contributed by atoms with Crippen molar-refractivity contribution in [2.75, 3.05) is 12.8 Å². The van der Waals surface area contributed by atoms with Gasteiger partial charge in [-0.15, -0.1) is 0 Å². The summed E-state index contributed by atoms with van der Waals surface area (Å²) in [4.78, 5) is 0. The first kappa shape index (κ1) is 7.92. The number of rotatable bonds is 1. The second-order valence-corrected chi connectivity index (χ2v) is 2.91. The zero-order chi connectivity index (χ0) is 9.26. The molecule has 2 aromatic carbocycles. The molecule has 0 bridgehead atoms. The molecule has 0 unspecified atom stereocenters. The largest absolute Gasteiger partial charge is 0.494 e. The van der Waals surface area contributed by atoms with Gasteiger partial charge >= 0.3 is 0 Å². The van der Waals surface area contributed by atoms with E-state index in [0.717, 1.165) is 16.5 Å². The lowest BCUT2D eigenvalue weighted by Gasteiger charge is -2.07. The molecule has 0 radical (unpaired) electrons. The van der Waals surface area contributed by atoms with E-state index in [0.29, 0.717) is 5.69 Å². The number of nitrogen functional groups attached to an aromatic ring is 1. The third kappa shape index (κ3) is 1.20. The quantitative estimate of drug-likeness (QED) is 0.672. The number of benzene rings is 2. The van der Waals surface area contributed by atoms with Crippen LogP contribution in [0.3, 0.4) is 0 Å². The Morgan fingerprint density at radius 3 is 2.62 bits per heavy atom. The van der Waals surface area contributed by atoms with Crippen LogP contribution in [-0.4, -0.2) is 7.11 Å². The molecule has 0 fully saturated rings. The van der Waals surface area contributed by atoms with Crippen LogP contribution in [0.2, 0.25) is 0 Å². The fourth-order valence-corrected chi connectivity index (χ4v) is 1.49. The maximum atomic E-state index is 5.77. The zero-order valence-corrected chi connectivity index (χ0v) is 7.45. The predicted molar refractivity (Wildman–Crippen MR) is 54.9 cm³/mol. The third-order valence-electron chi connectivity index (χ3n) is 2.11. The van der Waals surface area contributed by atoms with Crippen LogP contribution in [0.15, 0.2) is 36.4 Å². The van der Waals surface area contributed by atoms with Crippen molar-refractivity contribution in [3.05, 3.63) is 36.4 Å². The normalized spacial score (nSPS) is 10.2. The average Bonchev–Trinajstić information content (AvgIpc) is 2.18. The number of fused-ring (bicyclic) bond motifs is 1. The van der Waals surface area contributed by atoms with Gasteiger partial charge in [-0.1, -0.05) is 30.3 Å². The molecule has 2 nitrogen and oxygen atoms in total. The molecule has 2 N–H and O–H groups in total. The number of nitrogens with two attached hydrogens (primary N) is 1. The average molecular weight is 173 g/mol. The Morgan fingerprint density at radius 1 is 1.08 bits per heavy atom. The Bertz CT molecular complexity index is 437. The first-order valence-corrected chi connectivity index (χ1v) is 4.14. The van der Waals surface area contributed by atoms with Gasteiger partial charge in [-0.05, 0) is 11.5 Å². The number of hydrogen-bond donors (Lipinski definition) is 1. The molecule has 0 aliphatic carbocycles. The molecule has 0 aromatic heterocycles. The Kier molecular flexibility index (Phi) is 1.81. The van der Waals surface area contributed by atoms with Crippen LogP contribution < -0.4 is 10.5 Å². The highest BCUT2D eigenvalue weighted by atomic mass is 16.5. The van der Waals surface area contributed by atoms with E-state index in [1.54, 1.807) is 7.11 Å². The minimum absolute atomic E-state index is 0.682. The van der Waals surface area contributed by atoms with Crippen molar-refractivity contribution in [1.82, 2.24) is 0 Å². The van der Waals surface area contributed by atoms with Crippen LogP contribution >= 0.6 is 0 Å². The fourth-order valence-electron chi connectivity index (χ4n) is 1.49. The summed E-state index contributed by atoms with van der Waals surface area (Å²) in [5.74, 6) is 0.762. The van der Waals surface area contributed by atoms with E-state index in [4.69, 9.17) is 10.5 Å². The molecule has 2 aromatic rings. The highest BCUT2D eigenvalue weighted by Crippen LogP contribution is 2.30. The highest BCUT2D eigenvalue weighted by molar-refractivity contribution is 5.92. The van der Waals surface area contributed by atoms with Crippen LogP contribution in [0.4, 0.5) is 5.69 Å². The molecule has 0 amide bonds. The summed E-state index contributed by atoms with van der Waals surface area (Å²) in [5.41, 5.74) is 6.45. The van der Waals surface area contributed by atoms with Crippen LogP contribution in [0.25, 0.3) is 10.8 Å². The van der Waals surface area contributed by atoms with Crippen LogP contribution in [0, 0.1) is 0 Å². The first-order valence-electron chi connectivity index (χ1n) is 4.14. The molecule has 66 valence electrons. The second-order valence-electron chi connectivity index (χ2n) is 2.91. The standard InChI is InChI=1S/C11H11NO/c1-13-11-9-5-3-2-4-8(9)6-7-10(11)12/h2-7H,12H2,1H3. The fraction of sp³-hybridized carbons (Fsp3) is 0.0909. The maximum absolute atomic E-state index is 5.77. The van der Waals surface area contributed by atoms with Crippen molar-refractivity contribution in [2.45, 2.75) is 0 Å². The summed E-state index contributed by atoms with van der Waals surface area (Å²) in [5, 5.41) is 2.21. The van der Waals surface area contributed by atoms with Gasteiger partial charge in [0.05, 0.1) is 12.8 Å². The molecular weight excluding hydrogens is 162 g/mol. The molecule has 0 aliphatic rings. The lowest BCUT2D eigenvalue weighted by Crippen LogP contribution is -1.92. The molecule has 0 saturated carbocycles. The molecular formula is C11H11NO. The first-order chi connectivity index (χ1) is 6.33. The minimum atomic E-state index is 0.682. The summed E-state index contributed by atoms with van der Waals surface area (Å²) in [6, 6.07) is 11.9. The highest BCUT2D eigenvalue weighted by Gasteiger charge is 2.03. The summed E-state index contributed by atoms with van der Waals surface area (Å²) in [7, 11) is 1.64. The van der Waals surface area contributed by atoms with Crippen LogP contribution in [-0.2, 0) is 0 Å². The van der Waals surface area contributed by atoms with Gasteiger partial charge in [-0.3, -0.25) is 0 Å². The maximum Gasteiger partial charge on any atom is 0.149 e. The lowest BCUT2D eigenvalue weighted by atomic mass is 10.1. The molecule has 2 rings (SSSR count). The Balaban J connectivity index is 2.84. The van der Waals surface area contributed by atoms with Crippen molar-refractivity contribution < 1.29 is 4.74 Å². The van der Waals surface area contributed by atoms with E-state index in [9.17, 15) is 0 Å². The van der Waals surface area contributed by atoms with Gasteiger partial charge in [-0.25, -0.2) is 0 Å². The van der Waals surface area contributed by atoms with Gasteiger partial charge in [0, 0.05) is 5.39 Å². The molecule has 0 atom stereocenters. The van der Waals surface area contributed by atoms with Crippen molar-refractivity contribution in [3.8, 4) is 5.75 Å². The zero-order valence-electron chi connectivity index (χ0n) is 7.45. The van der Waals surface area contributed by atoms with E-state index in [2.05, 4.69) is 0 Å². The van der Waals surface area contributed by atoms with Crippen molar-refractivity contribution in [3.63, 3.8) is 0 Å². The monoisotopic (exact) mass is 173 g/mol. The third-order valence-corrected chi connectivity index (χ3v) is 2.11. The van der Waals surface area contributed by atoms with Gasteiger partial charge in [-0.2, -0.15) is 0 Å². The van der Waals surface area contributed by atoms with Gasteiger partial charge in [0.2, 0.25) is 0 Å². The Labute approximate surface area is 76.9 Å². The van der Waals surface area contributed by atoms with Gasteiger partial charge in [0.15, 0.2) is 0 Å². The van der Waals surface area contributed by atoms with E-state index in [1.807, 2.05) is 36.4 Å². The summed E-state index contributed by atoms with van der Waals surface area (Å²) in [6.07, 6.45) is 0. The van der Waals surface area contributed by atoms with Crippen molar-refractivity contribution >= 4 is 16.5 Å². The topological polar surface area (TPSA) is 35.2 Å². The van der Waals surface area contributed by atoms with Gasteiger partial charge in [0.1, 0.15) is 5.75 Å². The van der Waals surface area contributed by atoms with Gasteiger partial charge < -0.3 is 10.5 Å². The molecule has 13 heavy (non-hydrogen) atoms. The van der Waals surface area contributed by atoms with E-state index in [1.165, 1.54) is 0 Å². The molecule has 0 aliphatic heterocycles.